The van der Waals surface area contributed by atoms with Crippen LogP contribution in [0.2, 0.25) is 0 Å². The predicted octanol–water partition coefficient (Wildman–Crippen LogP) is 3.15. The quantitative estimate of drug-likeness (QED) is 0.797. The number of nitrogens with zero attached hydrogens (tertiary/aromatic N) is 3. The lowest BCUT2D eigenvalue weighted by Gasteiger charge is -2.01. The predicted molar refractivity (Wildman–Crippen MR) is 73.7 cm³/mol. The number of rotatable bonds is 3. The third-order valence-corrected chi connectivity index (χ3v) is 3.60. The highest BCUT2D eigenvalue weighted by atomic mass is 32.1. The summed E-state index contributed by atoms with van der Waals surface area (Å²) in [5, 5.41) is 3.92. The molecule has 0 spiro atoms. The second kappa shape index (κ2) is 4.89. The zero-order chi connectivity index (χ0) is 13.2. The summed E-state index contributed by atoms with van der Waals surface area (Å²) in [5.74, 6) is -0.270. The van der Waals surface area contributed by atoms with Crippen LogP contribution in [0.5, 0.6) is 0 Å². The van der Waals surface area contributed by atoms with Gasteiger partial charge in [0.25, 0.3) is 0 Å². The zero-order valence-electron chi connectivity index (χ0n) is 10.2. The molecule has 3 rings (SSSR count). The smallest absolute Gasteiger partial charge is 0.184 e. The van der Waals surface area contributed by atoms with Crippen LogP contribution in [0.1, 0.15) is 11.4 Å². The lowest BCUT2D eigenvalue weighted by atomic mass is 10.3. The number of thiazole rings is 1. The van der Waals surface area contributed by atoms with Gasteiger partial charge in [-0.1, -0.05) is 11.3 Å². The second-order valence-corrected chi connectivity index (χ2v) is 5.16. The fourth-order valence-corrected chi connectivity index (χ4v) is 2.49. The van der Waals surface area contributed by atoms with Gasteiger partial charge in [-0.3, -0.25) is 9.97 Å². The van der Waals surface area contributed by atoms with Gasteiger partial charge >= 0.3 is 0 Å². The fourth-order valence-electron chi connectivity index (χ4n) is 1.65. The van der Waals surface area contributed by atoms with Crippen molar-refractivity contribution in [2.45, 2.75) is 13.5 Å². The number of anilines is 1. The molecule has 2 aromatic heterocycles. The molecule has 19 heavy (non-hydrogen) atoms. The number of aryl methyl sites for hydroxylation is 1. The molecule has 6 heteroatoms. The molecule has 0 aliphatic rings. The van der Waals surface area contributed by atoms with Crippen molar-refractivity contribution in [2.75, 3.05) is 5.32 Å². The first-order chi connectivity index (χ1) is 9.20. The molecule has 0 radical (unpaired) electrons. The Morgan fingerprint density at radius 2 is 2.16 bits per heavy atom. The van der Waals surface area contributed by atoms with E-state index in [4.69, 9.17) is 0 Å². The van der Waals surface area contributed by atoms with Gasteiger partial charge in [0.15, 0.2) is 5.13 Å². The highest BCUT2D eigenvalue weighted by Crippen LogP contribution is 2.26. The molecule has 0 saturated heterocycles. The number of nitrogens with one attached hydrogen (secondary N) is 1. The Bertz CT molecular complexity index is 708. The summed E-state index contributed by atoms with van der Waals surface area (Å²) in [6.07, 6.45) is 3.46. The van der Waals surface area contributed by atoms with Crippen LogP contribution < -0.4 is 5.32 Å². The SMILES string of the molecule is Cc1cnc(CNc2nc3cc(F)ccc3s2)cn1. The number of aromatic nitrogens is 3. The normalized spacial score (nSPS) is 10.8. The van der Waals surface area contributed by atoms with Crippen molar-refractivity contribution in [1.29, 1.82) is 0 Å². The molecular formula is C13H11FN4S. The standard InChI is InChI=1S/C13H11FN4S/c1-8-5-16-10(6-15-8)7-17-13-18-11-4-9(14)2-3-12(11)19-13/h2-6H,7H2,1H3,(H,17,18). The van der Waals surface area contributed by atoms with E-state index in [1.165, 1.54) is 23.5 Å². The molecule has 0 unspecified atom stereocenters. The average Bonchev–Trinajstić information content (AvgIpc) is 2.80. The topological polar surface area (TPSA) is 50.7 Å². The minimum absolute atomic E-state index is 0.270. The van der Waals surface area contributed by atoms with Crippen molar-refractivity contribution < 1.29 is 4.39 Å². The van der Waals surface area contributed by atoms with Crippen molar-refractivity contribution in [1.82, 2.24) is 15.0 Å². The fraction of sp³-hybridized carbons (Fsp3) is 0.154. The largest absolute Gasteiger partial charge is 0.356 e. The number of halogens is 1. The molecule has 0 amide bonds. The maximum atomic E-state index is 13.1. The van der Waals surface area contributed by atoms with E-state index in [2.05, 4.69) is 20.3 Å². The van der Waals surface area contributed by atoms with Crippen LogP contribution in [0.15, 0.2) is 30.6 Å². The van der Waals surface area contributed by atoms with Gasteiger partial charge in [0.1, 0.15) is 5.82 Å². The first kappa shape index (κ1) is 12.0. The Balaban J connectivity index is 1.76. The monoisotopic (exact) mass is 274 g/mol. The van der Waals surface area contributed by atoms with Crippen LogP contribution in [-0.4, -0.2) is 15.0 Å². The Kier molecular flexibility index (Phi) is 3.08. The second-order valence-electron chi connectivity index (χ2n) is 4.13. The molecule has 96 valence electrons. The molecule has 4 nitrogen and oxygen atoms in total. The average molecular weight is 274 g/mol. The first-order valence-corrected chi connectivity index (χ1v) is 6.60. The summed E-state index contributed by atoms with van der Waals surface area (Å²) in [6.45, 7) is 2.45. The summed E-state index contributed by atoms with van der Waals surface area (Å²) in [5.41, 5.74) is 2.40. The number of hydrogen-bond acceptors (Lipinski definition) is 5. The van der Waals surface area contributed by atoms with E-state index in [0.29, 0.717) is 12.1 Å². The molecule has 0 bridgehead atoms. The van der Waals surface area contributed by atoms with Crippen LogP contribution >= 0.6 is 11.3 Å². The zero-order valence-corrected chi connectivity index (χ0v) is 11.0. The number of hydrogen-bond donors (Lipinski definition) is 1. The Hall–Kier alpha value is -2.08. The van der Waals surface area contributed by atoms with Gasteiger partial charge in [0.05, 0.1) is 34.3 Å². The van der Waals surface area contributed by atoms with E-state index in [9.17, 15) is 4.39 Å². The van der Waals surface area contributed by atoms with Crippen LogP contribution in [-0.2, 0) is 6.54 Å². The van der Waals surface area contributed by atoms with Crippen LogP contribution in [0.4, 0.5) is 9.52 Å². The van der Waals surface area contributed by atoms with E-state index in [-0.39, 0.29) is 5.82 Å². The molecule has 0 aliphatic heterocycles. The van der Waals surface area contributed by atoms with Gasteiger partial charge in [-0.15, -0.1) is 0 Å². The lowest BCUT2D eigenvalue weighted by molar-refractivity contribution is 0.629. The molecule has 1 aromatic carbocycles. The summed E-state index contributed by atoms with van der Waals surface area (Å²) in [4.78, 5) is 12.8. The molecule has 1 N–H and O–H groups in total. The van der Waals surface area contributed by atoms with E-state index >= 15 is 0 Å². The van der Waals surface area contributed by atoms with Crippen molar-refractivity contribution >= 4 is 26.7 Å². The summed E-state index contributed by atoms with van der Waals surface area (Å²) in [7, 11) is 0. The Labute approximate surface area is 113 Å². The van der Waals surface area contributed by atoms with E-state index < -0.39 is 0 Å². The molecule has 0 atom stereocenters. The number of benzene rings is 1. The van der Waals surface area contributed by atoms with Crippen LogP contribution in [0.3, 0.4) is 0 Å². The van der Waals surface area contributed by atoms with Gasteiger partial charge < -0.3 is 5.32 Å². The van der Waals surface area contributed by atoms with Crippen molar-refractivity contribution in [3.05, 3.63) is 47.8 Å². The van der Waals surface area contributed by atoms with E-state index in [0.717, 1.165) is 21.2 Å². The minimum Gasteiger partial charge on any atom is -0.356 e. The third-order valence-electron chi connectivity index (χ3n) is 2.60. The van der Waals surface area contributed by atoms with Gasteiger partial charge in [0, 0.05) is 12.3 Å². The summed E-state index contributed by atoms with van der Waals surface area (Å²) < 4.78 is 14.0. The van der Waals surface area contributed by atoms with E-state index in [1.807, 2.05) is 6.92 Å². The highest BCUT2D eigenvalue weighted by molar-refractivity contribution is 7.22. The van der Waals surface area contributed by atoms with Gasteiger partial charge in [-0.25, -0.2) is 9.37 Å². The maximum absolute atomic E-state index is 13.1. The summed E-state index contributed by atoms with van der Waals surface area (Å²) >= 11 is 1.49. The van der Waals surface area contributed by atoms with Gasteiger partial charge in [0.2, 0.25) is 0 Å². The summed E-state index contributed by atoms with van der Waals surface area (Å²) in [6, 6.07) is 4.61. The third kappa shape index (κ3) is 2.68. The van der Waals surface area contributed by atoms with Crippen molar-refractivity contribution in [3.63, 3.8) is 0 Å². The molecule has 0 fully saturated rings. The first-order valence-electron chi connectivity index (χ1n) is 5.78. The van der Waals surface area contributed by atoms with Gasteiger partial charge in [-0.2, -0.15) is 0 Å². The van der Waals surface area contributed by atoms with Crippen LogP contribution in [0, 0.1) is 12.7 Å². The van der Waals surface area contributed by atoms with Crippen molar-refractivity contribution in [2.24, 2.45) is 0 Å². The highest BCUT2D eigenvalue weighted by Gasteiger charge is 2.05. The molecule has 0 aliphatic carbocycles. The Morgan fingerprint density at radius 3 is 2.95 bits per heavy atom. The molecule has 2 heterocycles. The van der Waals surface area contributed by atoms with E-state index in [1.54, 1.807) is 18.5 Å². The number of fused-ring (bicyclic) bond motifs is 1. The maximum Gasteiger partial charge on any atom is 0.184 e. The minimum atomic E-state index is -0.270. The molecular weight excluding hydrogens is 263 g/mol. The van der Waals surface area contributed by atoms with Crippen molar-refractivity contribution in [3.8, 4) is 0 Å². The molecule has 3 aromatic rings. The Morgan fingerprint density at radius 1 is 1.26 bits per heavy atom. The molecule has 0 saturated carbocycles. The lowest BCUT2D eigenvalue weighted by Crippen LogP contribution is -2.02. The van der Waals surface area contributed by atoms with Crippen LogP contribution in [0.25, 0.3) is 10.2 Å². The van der Waals surface area contributed by atoms with Gasteiger partial charge in [-0.05, 0) is 19.1 Å².